The number of carbonyl (C=O) groups excluding carboxylic acids is 3. The second-order valence-corrected chi connectivity index (χ2v) is 8.37. The van der Waals surface area contributed by atoms with E-state index in [-0.39, 0.29) is 30.9 Å². The van der Waals surface area contributed by atoms with Gasteiger partial charge < -0.3 is 10.2 Å². The molecule has 0 spiro atoms. The fourth-order valence-corrected chi connectivity index (χ4v) is 4.50. The number of nitrogens with one attached hydrogen (secondary N) is 2. The van der Waals surface area contributed by atoms with Gasteiger partial charge in [-0.25, -0.2) is 15.2 Å². The first-order valence-corrected chi connectivity index (χ1v) is 10.9. The summed E-state index contributed by atoms with van der Waals surface area (Å²) in [7, 11) is 0. The molecule has 2 aromatic rings. The molecule has 3 atom stereocenters. The van der Waals surface area contributed by atoms with Crippen LogP contribution in [0.2, 0.25) is 0 Å². The fourth-order valence-electron chi connectivity index (χ4n) is 4.50. The highest BCUT2D eigenvalue weighted by Crippen LogP contribution is 2.29. The quantitative estimate of drug-likeness (QED) is 0.728. The van der Waals surface area contributed by atoms with E-state index < -0.39 is 18.1 Å². The third-order valence-corrected chi connectivity index (χ3v) is 6.07. The van der Waals surface area contributed by atoms with E-state index in [2.05, 4.69) is 10.7 Å². The number of hydrazine groups is 1. The van der Waals surface area contributed by atoms with Gasteiger partial charge in [0.1, 0.15) is 12.6 Å². The third kappa shape index (κ3) is 4.24. The Balaban J connectivity index is 1.59. The van der Waals surface area contributed by atoms with Crippen molar-refractivity contribution < 1.29 is 14.4 Å². The second kappa shape index (κ2) is 9.10. The van der Waals surface area contributed by atoms with E-state index >= 15 is 0 Å². The zero-order valence-corrected chi connectivity index (χ0v) is 18.6. The molecule has 8 nitrogen and oxygen atoms in total. The molecule has 0 bridgehead atoms. The van der Waals surface area contributed by atoms with Crippen LogP contribution in [0.1, 0.15) is 25.0 Å². The van der Waals surface area contributed by atoms with Gasteiger partial charge in [0.15, 0.2) is 0 Å². The van der Waals surface area contributed by atoms with Crippen LogP contribution in [-0.4, -0.2) is 63.9 Å². The third-order valence-electron chi connectivity index (χ3n) is 6.07. The van der Waals surface area contributed by atoms with Crippen LogP contribution in [0.5, 0.6) is 0 Å². The van der Waals surface area contributed by atoms with E-state index in [0.717, 1.165) is 11.1 Å². The second-order valence-electron chi connectivity index (χ2n) is 8.37. The van der Waals surface area contributed by atoms with Gasteiger partial charge in [-0.15, -0.1) is 0 Å². The zero-order chi connectivity index (χ0) is 22.8. The normalized spacial score (nSPS) is 23.4. The molecule has 0 saturated carbocycles. The smallest absolute Gasteiger partial charge is 0.325 e. The lowest BCUT2D eigenvalue weighted by molar-refractivity contribution is -0.140. The summed E-state index contributed by atoms with van der Waals surface area (Å²) in [5.41, 5.74) is 5.93. The lowest BCUT2D eigenvalue weighted by Gasteiger charge is -2.43. The van der Waals surface area contributed by atoms with E-state index in [1.165, 1.54) is 9.80 Å². The summed E-state index contributed by atoms with van der Waals surface area (Å²) >= 11 is 0. The minimum absolute atomic E-state index is 0.129. The summed E-state index contributed by atoms with van der Waals surface area (Å²) in [5, 5.41) is 4.73. The van der Waals surface area contributed by atoms with Gasteiger partial charge in [0.05, 0.1) is 12.6 Å². The van der Waals surface area contributed by atoms with Gasteiger partial charge in [0.25, 0.3) is 5.91 Å². The van der Waals surface area contributed by atoms with Crippen LogP contribution in [0, 0.1) is 6.92 Å². The van der Waals surface area contributed by atoms with E-state index in [4.69, 9.17) is 0 Å². The van der Waals surface area contributed by atoms with Gasteiger partial charge in [-0.05, 0) is 31.5 Å². The number of imide groups is 1. The topological polar surface area (TPSA) is 85.0 Å². The predicted molar refractivity (Wildman–Crippen MR) is 121 cm³/mol. The SMILES string of the molecule is CCN1NC(C)C2C1C(=O)N(Cc1ccccc1)C(=O)N2CC(=O)Nc1ccc(C)cc1. The summed E-state index contributed by atoms with van der Waals surface area (Å²) in [6, 6.07) is 15.3. The number of aryl methyl sites for hydroxylation is 1. The molecule has 2 aliphatic heterocycles. The molecule has 2 aliphatic rings. The van der Waals surface area contributed by atoms with Crippen molar-refractivity contribution in [3.05, 3.63) is 65.7 Å². The van der Waals surface area contributed by atoms with Crippen molar-refractivity contribution in [2.24, 2.45) is 0 Å². The van der Waals surface area contributed by atoms with Crippen molar-refractivity contribution >= 4 is 23.5 Å². The number of benzene rings is 2. The Bertz CT molecular complexity index is 994. The zero-order valence-electron chi connectivity index (χ0n) is 18.6. The summed E-state index contributed by atoms with van der Waals surface area (Å²) in [6.07, 6.45) is 0. The number of carbonyl (C=O) groups is 3. The maximum absolute atomic E-state index is 13.5. The molecule has 2 fully saturated rings. The molecule has 8 heteroatoms. The molecule has 2 heterocycles. The standard InChI is InChI=1S/C24H29N5O3/c1-4-29-22-21(17(3)26-29)27(15-20(30)25-19-12-10-16(2)11-13-19)24(32)28(23(22)31)14-18-8-6-5-7-9-18/h5-13,17,21-22,26H,4,14-15H2,1-3H3,(H,25,30). The maximum Gasteiger partial charge on any atom is 0.327 e. The van der Waals surface area contributed by atoms with Crippen LogP contribution in [0.4, 0.5) is 10.5 Å². The van der Waals surface area contributed by atoms with Crippen LogP contribution in [0.15, 0.2) is 54.6 Å². The molecular formula is C24H29N5O3. The molecule has 2 saturated heterocycles. The maximum atomic E-state index is 13.5. The molecule has 4 rings (SSSR count). The van der Waals surface area contributed by atoms with Gasteiger partial charge in [0, 0.05) is 18.3 Å². The van der Waals surface area contributed by atoms with Crippen molar-refractivity contribution in [1.82, 2.24) is 20.2 Å². The first-order chi connectivity index (χ1) is 15.4. The Morgan fingerprint density at radius 1 is 1.06 bits per heavy atom. The number of hydrogen-bond acceptors (Lipinski definition) is 5. The van der Waals surface area contributed by atoms with E-state index in [0.29, 0.717) is 12.2 Å². The summed E-state index contributed by atoms with van der Waals surface area (Å²) in [4.78, 5) is 42.5. The van der Waals surface area contributed by atoms with Crippen molar-refractivity contribution in [2.75, 3.05) is 18.4 Å². The molecule has 32 heavy (non-hydrogen) atoms. The molecule has 0 aliphatic carbocycles. The molecule has 4 amide bonds. The molecule has 0 aromatic heterocycles. The number of rotatable bonds is 6. The van der Waals surface area contributed by atoms with Gasteiger partial charge >= 0.3 is 6.03 Å². The first kappa shape index (κ1) is 22.0. The minimum Gasteiger partial charge on any atom is -0.325 e. The Hall–Kier alpha value is -3.23. The van der Waals surface area contributed by atoms with Gasteiger partial charge in [-0.2, -0.15) is 0 Å². The highest BCUT2D eigenvalue weighted by molar-refractivity contribution is 6.03. The number of anilines is 1. The monoisotopic (exact) mass is 435 g/mol. The Kier molecular flexibility index (Phi) is 6.25. The van der Waals surface area contributed by atoms with Crippen molar-refractivity contribution in [2.45, 2.75) is 45.4 Å². The van der Waals surface area contributed by atoms with Crippen molar-refractivity contribution in [3.63, 3.8) is 0 Å². The van der Waals surface area contributed by atoms with Gasteiger partial charge in [0.2, 0.25) is 5.91 Å². The molecule has 2 aromatic carbocycles. The number of hydrogen-bond donors (Lipinski definition) is 2. The van der Waals surface area contributed by atoms with E-state index in [1.54, 1.807) is 0 Å². The Labute approximate surface area is 188 Å². The average Bonchev–Trinajstić information content (AvgIpc) is 3.13. The summed E-state index contributed by atoms with van der Waals surface area (Å²) in [5.74, 6) is -0.533. The molecule has 3 unspecified atom stereocenters. The minimum atomic E-state index is -0.538. The number of likely N-dealkylation sites (N-methyl/N-ethyl adjacent to an activating group) is 1. The van der Waals surface area contributed by atoms with Crippen molar-refractivity contribution in [1.29, 1.82) is 0 Å². The average molecular weight is 436 g/mol. The number of fused-ring (bicyclic) bond motifs is 1. The number of nitrogens with zero attached hydrogens (tertiary/aromatic N) is 3. The first-order valence-electron chi connectivity index (χ1n) is 10.9. The highest BCUT2D eigenvalue weighted by Gasteiger charge is 2.54. The Morgan fingerprint density at radius 3 is 2.41 bits per heavy atom. The number of urea groups is 1. The summed E-state index contributed by atoms with van der Waals surface area (Å²) < 4.78 is 0. The van der Waals surface area contributed by atoms with Gasteiger partial charge in [-0.3, -0.25) is 14.5 Å². The summed E-state index contributed by atoms with van der Waals surface area (Å²) in [6.45, 7) is 6.52. The van der Waals surface area contributed by atoms with E-state index in [9.17, 15) is 14.4 Å². The predicted octanol–water partition coefficient (Wildman–Crippen LogP) is 2.36. The van der Waals surface area contributed by atoms with Crippen LogP contribution in [0.3, 0.4) is 0 Å². The largest absolute Gasteiger partial charge is 0.327 e. The fraction of sp³-hybridized carbons (Fsp3) is 0.375. The van der Waals surface area contributed by atoms with Crippen molar-refractivity contribution in [3.8, 4) is 0 Å². The highest BCUT2D eigenvalue weighted by atomic mass is 16.2. The van der Waals surface area contributed by atoms with E-state index in [1.807, 2.05) is 80.4 Å². The molecule has 0 radical (unpaired) electrons. The Morgan fingerprint density at radius 2 is 1.75 bits per heavy atom. The van der Waals surface area contributed by atoms with Gasteiger partial charge in [-0.1, -0.05) is 55.0 Å². The van der Waals surface area contributed by atoms with Crippen LogP contribution >= 0.6 is 0 Å². The molecule has 2 N–H and O–H groups in total. The molecule has 168 valence electrons. The lowest BCUT2D eigenvalue weighted by atomic mass is 9.97. The molecular weight excluding hydrogens is 406 g/mol. The number of amides is 4. The van der Waals surface area contributed by atoms with Crippen LogP contribution in [0.25, 0.3) is 0 Å². The van der Waals surface area contributed by atoms with Crippen LogP contribution < -0.4 is 10.7 Å². The lowest BCUT2D eigenvalue weighted by Crippen LogP contribution is -2.67. The van der Waals surface area contributed by atoms with Crippen LogP contribution in [-0.2, 0) is 16.1 Å².